The molecule has 144 valence electrons. The van der Waals surface area contributed by atoms with Gasteiger partial charge in [0.15, 0.2) is 0 Å². The van der Waals surface area contributed by atoms with Crippen LogP contribution in [-0.2, 0) is 4.74 Å². The summed E-state index contributed by atoms with van der Waals surface area (Å²) < 4.78 is 16.7. The first kappa shape index (κ1) is 22.3. The third-order valence-corrected chi connectivity index (χ3v) is 5.01. The minimum atomic E-state index is 0. The van der Waals surface area contributed by atoms with Crippen molar-refractivity contribution in [2.45, 2.75) is 18.9 Å². The number of rotatable bonds is 5. The van der Waals surface area contributed by atoms with Crippen molar-refractivity contribution in [3.8, 4) is 11.5 Å². The summed E-state index contributed by atoms with van der Waals surface area (Å²) in [6.45, 7) is 5.96. The highest BCUT2D eigenvalue weighted by molar-refractivity contribution is 5.85. The number of halogens is 2. The highest BCUT2D eigenvalue weighted by Gasteiger charge is 2.33. The van der Waals surface area contributed by atoms with Crippen molar-refractivity contribution in [1.29, 1.82) is 0 Å². The van der Waals surface area contributed by atoms with E-state index in [1.165, 1.54) is 5.56 Å². The van der Waals surface area contributed by atoms with Gasteiger partial charge < -0.3 is 19.5 Å². The maximum absolute atomic E-state index is 5.68. The number of ether oxygens (including phenoxy) is 3. The molecule has 0 spiro atoms. The first-order valence-corrected chi connectivity index (χ1v) is 8.58. The average Bonchev–Trinajstić information content (AvgIpc) is 2.63. The molecule has 0 aromatic heterocycles. The van der Waals surface area contributed by atoms with Crippen molar-refractivity contribution >= 4 is 24.8 Å². The molecule has 1 aromatic carbocycles. The van der Waals surface area contributed by atoms with E-state index in [-0.39, 0.29) is 24.8 Å². The van der Waals surface area contributed by atoms with Gasteiger partial charge >= 0.3 is 0 Å². The summed E-state index contributed by atoms with van der Waals surface area (Å²) in [7, 11) is 3.48. The van der Waals surface area contributed by atoms with Gasteiger partial charge in [0, 0.05) is 51.0 Å². The molecule has 5 nitrogen and oxygen atoms in total. The maximum Gasteiger partial charge on any atom is 0.123 e. The molecule has 2 saturated heterocycles. The van der Waals surface area contributed by atoms with E-state index >= 15 is 0 Å². The van der Waals surface area contributed by atoms with E-state index in [4.69, 9.17) is 14.2 Å². The van der Waals surface area contributed by atoms with Crippen molar-refractivity contribution in [1.82, 2.24) is 10.2 Å². The quantitative estimate of drug-likeness (QED) is 0.834. The van der Waals surface area contributed by atoms with Crippen LogP contribution in [0.15, 0.2) is 18.2 Å². The number of piperazine rings is 1. The smallest absolute Gasteiger partial charge is 0.123 e. The minimum Gasteiger partial charge on any atom is -0.497 e. The van der Waals surface area contributed by atoms with Crippen LogP contribution in [0.2, 0.25) is 0 Å². The second kappa shape index (κ2) is 11.1. The molecule has 3 rings (SSSR count). The molecule has 1 N–H and O–H groups in total. The standard InChI is InChI=1S/C18H28N2O3.2ClH/c1-21-15-3-4-17(22-2)16(13-15)18(14-5-11-23-12-6-14)20-9-7-19-8-10-20;;/h3-4,13-14,18-19H,5-12H2,1-2H3;2*1H/t18-;;/m1../s1. The Hall–Kier alpha value is -0.720. The highest BCUT2D eigenvalue weighted by Crippen LogP contribution is 2.40. The SMILES string of the molecule is COc1ccc(OC)c([C@@H](C2CCOCC2)N2CCNCC2)c1.Cl.Cl. The van der Waals surface area contributed by atoms with Crippen LogP contribution in [-0.4, -0.2) is 58.5 Å². The number of nitrogens with zero attached hydrogens (tertiary/aromatic N) is 1. The monoisotopic (exact) mass is 392 g/mol. The summed E-state index contributed by atoms with van der Waals surface area (Å²) in [5.74, 6) is 2.46. The van der Waals surface area contributed by atoms with Crippen LogP contribution in [0.3, 0.4) is 0 Å². The molecule has 0 bridgehead atoms. The van der Waals surface area contributed by atoms with Gasteiger partial charge in [0.25, 0.3) is 0 Å². The molecular weight excluding hydrogens is 363 g/mol. The van der Waals surface area contributed by atoms with E-state index in [0.717, 1.165) is 63.7 Å². The van der Waals surface area contributed by atoms with Gasteiger partial charge in [0.2, 0.25) is 0 Å². The molecule has 2 aliphatic heterocycles. The normalized spacial score (nSPS) is 20.1. The molecule has 0 aliphatic carbocycles. The third-order valence-electron chi connectivity index (χ3n) is 5.01. The van der Waals surface area contributed by atoms with E-state index in [9.17, 15) is 0 Å². The average molecular weight is 393 g/mol. The number of hydrogen-bond donors (Lipinski definition) is 1. The van der Waals surface area contributed by atoms with E-state index in [2.05, 4.69) is 16.3 Å². The van der Waals surface area contributed by atoms with Gasteiger partial charge in [-0.15, -0.1) is 24.8 Å². The zero-order chi connectivity index (χ0) is 16.1. The van der Waals surface area contributed by atoms with E-state index < -0.39 is 0 Å². The van der Waals surface area contributed by atoms with Crippen molar-refractivity contribution in [2.75, 3.05) is 53.6 Å². The number of benzene rings is 1. The Morgan fingerprint density at radius 3 is 2.36 bits per heavy atom. The first-order chi connectivity index (χ1) is 11.3. The van der Waals surface area contributed by atoms with Crippen LogP contribution < -0.4 is 14.8 Å². The molecule has 0 radical (unpaired) electrons. The fraction of sp³-hybridized carbons (Fsp3) is 0.667. The van der Waals surface area contributed by atoms with Crippen molar-refractivity contribution in [3.63, 3.8) is 0 Å². The molecule has 2 heterocycles. The zero-order valence-electron chi connectivity index (χ0n) is 15.0. The van der Waals surface area contributed by atoms with E-state index in [1.54, 1.807) is 14.2 Å². The van der Waals surface area contributed by atoms with Crippen LogP contribution in [0.5, 0.6) is 11.5 Å². The molecule has 2 aliphatic rings. The van der Waals surface area contributed by atoms with Gasteiger partial charge in [0.05, 0.1) is 14.2 Å². The van der Waals surface area contributed by atoms with Gasteiger partial charge in [-0.05, 0) is 37.0 Å². The number of methoxy groups -OCH3 is 2. The number of hydrogen-bond acceptors (Lipinski definition) is 5. The van der Waals surface area contributed by atoms with Gasteiger partial charge in [-0.25, -0.2) is 0 Å². The highest BCUT2D eigenvalue weighted by atomic mass is 35.5. The Kier molecular flexibility index (Phi) is 9.90. The van der Waals surface area contributed by atoms with Gasteiger partial charge in [-0.1, -0.05) is 0 Å². The Bertz CT molecular complexity index is 489. The number of nitrogens with one attached hydrogen (secondary N) is 1. The van der Waals surface area contributed by atoms with Gasteiger partial charge in [-0.3, -0.25) is 4.90 Å². The molecule has 1 atom stereocenters. The first-order valence-electron chi connectivity index (χ1n) is 8.58. The van der Waals surface area contributed by atoms with Crippen molar-refractivity contribution < 1.29 is 14.2 Å². The summed E-state index contributed by atoms with van der Waals surface area (Å²) in [6.07, 6.45) is 2.21. The zero-order valence-corrected chi connectivity index (χ0v) is 16.7. The lowest BCUT2D eigenvalue weighted by Crippen LogP contribution is -2.47. The predicted octanol–water partition coefficient (Wildman–Crippen LogP) is 2.92. The Morgan fingerprint density at radius 2 is 1.76 bits per heavy atom. The summed E-state index contributed by atoms with van der Waals surface area (Å²) >= 11 is 0. The fourth-order valence-electron chi connectivity index (χ4n) is 3.81. The lowest BCUT2D eigenvalue weighted by molar-refractivity contribution is 0.0206. The third kappa shape index (κ3) is 5.38. The van der Waals surface area contributed by atoms with Crippen LogP contribution in [0, 0.1) is 5.92 Å². The summed E-state index contributed by atoms with van der Waals surface area (Å²) in [4.78, 5) is 2.60. The maximum atomic E-state index is 5.68. The van der Waals surface area contributed by atoms with Crippen molar-refractivity contribution in [3.05, 3.63) is 23.8 Å². The Balaban J connectivity index is 0.00000156. The summed E-state index contributed by atoms with van der Waals surface area (Å²) in [6, 6.07) is 6.52. The predicted molar refractivity (Wildman–Crippen MR) is 105 cm³/mol. The lowest BCUT2D eigenvalue weighted by atomic mass is 9.85. The molecule has 0 unspecified atom stereocenters. The molecule has 7 heteroatoms. The van der Waals surface area contributed by atoms with Crippen LogP contribution in [0.4, 0.5) is 0 Å². The summed E-state index contributed by atoms with van der Waals surface area (Å²) in [5.41, 5.74) is 1.25. The van der Waals surface area contributed by atoms with Gasteiger partial charge in [0.1, 0.15) is 11.5 Å². The lowest BCUT2D eigenvalue weighted by Gasteiger charge is -2.41. The molecule has 1 aromatic rings. The molecular formula is C18H30Cl2N2O3. The molecule has 2 fully saturated rings. The second-order valence-corrected chi connectivity index (χ2v) is 6.29. The Morgan fingerprint density at radius 1 is 1.08 bits per heavy atom. The molecule has 0 saturated carbocycles. The topological polar surface area (TPSA) is 43.0 Å². The largest absolute Gasteiger partial charge is 0.497 e. The molecule has 0 amide bonds. The van der Waals surface area contributed by atoms with Crippen molar-refractivity contribution in [2.24, 2.45) is 5.92 Å². The second-order valence-electron chi connectivity index (χ2n) is 6.29. The van der Waals surface area contributed by atoms with Crippen LogP contribution in [0.1, 0.15) is 24.4 Å². The summed E-state index contributed by atoms with van der Waals surface area (Å²) in [5, 5.41) is 3.45. The minimum absolute atomic E-state index is 0. The molecule has 25 heavy (non-hydrogen) atoms. The van der Waals surface area contributed by atoms with E-state index in [1.807, 2.05) is 12.1 Å². The van der Waals surface area contributed by atoms with Crippen LogP contribution >= 0.6 is 24.8 Å². The van der Waals surface area contributed by atoms with E-state index in [0.29, 0.717) is 12.0 Å². The van der Waals surface area contributed by atoms with Crippen LogP contribution in [0.25, 0.3) is 0 Å². The fourth-order valence-corrected chi connectivity index (χ4v) is 3.81. The Labute approximate surface area is 163 Å². The van der Waals surface area contributed by atoms with Gasteiger partial charge in [-0.2, -0.15) is 0 Å².